The van der Waals surface area contributed by atoms with Crippen molar-refractivity contribution in [3.8, 4) is 0 Å². The van der Waals surface area contributed by atoms with Crippen LogP contribution in [0.25, 0.3) is 0 Å². The van der Waals surface area contributed by atoms with Gasteiger partial charge in [0.05, 0.1) is 17.7 Å². The number of hydrogen-bond donors (Lipinski definition) is 1. The monoisotopic (exact) mass is 351 g/mol. The van der Waals surface area contributed by atoms with Crippen molar-refractivity contribution in [1.29, 1.82) is 0 Å². The number of amides is 2. The lowest BCUT2D eigenvalue weighted by atomic mass is 9.93. The number of nitrogens with zero attached hydrogens (tertiary/aromatic N) is 2. The topological polar surface area (TPSA) is 62.3 Å². The third-order valence-corrected chi connectivity index (χ3v) is 5.03. The standard InChI is InChI=1S/C21H25N3O2/c1-13-7-8-18(14(2)10-13)15(3)23-21(26)19-12-24(16(4)25)11-17-6-5-9-22-20(17)19/h5-10,15,19H,11-12H2,1-4H3,(H,23,26). The summed E-state index contributed by atoms with van der Waals surface area (Å²) in [6.45, 7) is 8.51. The number of aryl methyl sites for hydroxylation is 2. The molecular weight excluding hydrogens is 326 g/mol. The van der Waals surface area contributed by atoms with Crippen molar-refractivity contribution in [2.45, 2.75) is 46.2 Å². The lowest BCUT2D eigenvalue weighted by molar-refractivity contribution is -0.131. The Bertz CT molecular complexity index is 847. The van der Waals surface area contributed by atoms with Crippen LogP contribution in [0.4, 0.5) is 0 Å². The molecule has 1 aromatic carbocycles. The molecule has 2 amide bonds. The van der Waals surface area contributed by atoms with Crippen LogP contribution in [-0.4, -0.2) is 28.2 Å². The first-order valence-electron chi connectivity index (χ1n) is 8.93. The van der Waals surface area contributed by atoms with Gasteiger partial charge in [0.15, 0.2) is 0 Å². The first-order valence-corrected chi connectivity index (χ1v) is 8.93. The molecule has 5 heteroatoms. The van der Waals surface area contributed by atoms with E-state index in [9.17, 15) is 9.59 Å². The summed E-state index contributed by atoms with van der Waals surface area (Å²) in [5.41, 5.74) is 5.17. The summed E-state index contributed by atoms with van der Waals surface area (Å²) in [4.78, 5) is 31.0. The van der Waals surface area contributed by atoms with E-state index in [1.807, 2.05) is 19.1 Å². The van der Waals surface area contributed by atoms with Gasteiger partial charge in [-0.05, 0) is 43.5 Å². The molecule has 5 nitrogen and oxygen atoms in total. The quantitative estimate of drug-likeness (QED) is 0.925. The van der Waals surface area contributed by atoms with E-state index in [0.717, 1.165) is 22.4 Å². The Labute approximate surface area is 154 Å². The van der Waals surface area contributed by atoms with Gasteiger partial charge >= 0.3 is 0 Å². The highest BCUT2D eigenvalue weighted by Gasteiger charge is 2.33. The van der Waals surface area contributed by atoms with Crippen molar-refractivity contribution in [2.24, 2.45) is 0 Å². The van der Waals surface area contributed by atoms with Crippen LogP contribution in [0.3, 0.4) is 0 Å². The van der Waals surface area contributed by atoms with E-state index < -0.39 is 5.92 Å². The molecule has 0 aliphatic carbocycles. The molecule has 1 aliphatic heterocycles. The number of nitrogens with one attached hydrogen (secondary N) is 1. The molecule has 2 aromatic rings. The van der Waals surface area contributed by atoms with E-state index in [4.69, 9.17) is 0 Å². The Morgan fingerprint density at radius 1 is 1.27 bits per heavy atom. The number of carbonyl (C=O) groups excluding carboxylic acids is 2. The van der Waals surface area contributed by atoms with Gasteiger partial charge in [-0.1, -0.05) is 29.8 Å². The molecule has 2 atom stereocenters. The maximum Gasteiger partial charge on any atom is 0.231 e. The SMILES string of the molecule is CC(=O)N1Cc2cccnc2C(C(=O)NC(C)c2ccc(C)cc2C)C1. The van der Waals surface area contributed by atoms with Gasteiger partial charge in [0.2, 0.25) is 11.8 Å². The van der Waals surface area contributed by atoms with Crippen molar-refractivity contribution in [3.63, 3.8) is 0 Å². The van der Waals surface area contributed by atoms with E-state index in [0.29, 0.717) is 13.1 Å². The number of rotatable bonds is 3. The minimum absolute atomic E-state index is 0.0280. The van der Waals surface area contributed by atoms with Crippen LogP contribution < -0.4 is 5.32 Å². The number of pyridine rings is 1. The molecule has 0 saturated carbocycles. The third-order valence-electron chi connectivity index (χ3n) is 5.03. The van der Waals surface area contributed by atoms with Crippen LogP contribution in [0, 0.1) is 13.8 Å². The molecule has 1 N–H and O–H groups in total. The molecule has 2 heterocycles. The Hall–Kier alpha value is -2.69. The second-order valence-corrected chi connectivity index (χ2v) is 7.09. The summed E-state index contributed by atoms with van der Waals surface area (Å²) in [5.74, 6) is -0.569. The average Bonchev–Trinajstić information content (AvgIpc) is 2.60. The normalized spacial score (nSPS) is 17.4. The van der Waals surface area contributed by atoms with Crippen molar-refractivity contribution in [2.75, 3.05) is 6.54 Å². The molecule has 1 aromatic heterocycles. The largest absolute Gasteiger partial charge is 0.349 e. The molecule has 3 rings (SSSR count). The molecule has 26 heavy (non-hydrogen) atoms. The first kappa shape index (κ1) is 18.1. The maximum absolute atomic E-state index is 13.0. The Kier molecular flexibility index (Phi) is 5.07. The molecular formula is C21H25N3O2. The van der Waals surface area contributed by atoms with Gasteiger partial charge in [0, 0.05) is 26.2 Å². The second-order valence-electron chi connectivity index (χ2n) is 7.09. The highest BCUT2D eigenvalue weighted by atomic mass is 16.2. The number of fused-ring (bicyclic) bond motifs is 1. The molecule has 0 spiro atoms. The van der Waals surface area contributed by atoms with E-state index in [-0.39, 0.29) is 17.9 Å². The van der Waals surface area contributed by atoms with Gasteiger partial charge in [-0.2, -0.15) is 0 Å². The maximum atomic E-state index is 13.0. The summed E-state index contributed by atoms with van der Waals surface area (Å²) in [6.07, 6.45) is 1.70. The zero-order valence-corrected chi connectivity index (χ0v) is 15.7. The van der Waals surface area contributed by atoms with Crippen LogP contribution in [0.1, 0.15) is 53.8 Å². The first-order chi connectivity index (χ1) is 12.4. The smallest absolute Gasteiger partial charge is 0.231 e. The molecule has 0 saturated heterocycles. The predicted molar refractivity (Wildman–Crippen MR) is 101 cm³/mol. The van der Waals surface area contributed by atoms with Gasteiger partial charge in [-0.3, -0.25) is 14.6 Å². The van der Waals surface area contributed by atoms with Crippen molar-refractivity contribution >= 4 is 11.8 Å². The fourth-order valence-electron chi connectivity index (χ4n) is 3.63. The highest BCUT2D eigenvalue weighted by Crippen LogP contribution is 2.28. The Balaban J connectivity index is 1.83. The van der Waals surface area contributed by atoms with Crippen LogP contribution in [0.5, 0.6) is 0 Å². The van der Waals surface area contributed by atoms with E-state index in [1.54, 1.807) is 11.1 Å². The average molecular weight is 351 g/mol. The predicted octanol–water partition coefficient (Wildman–Crippen LogP) is 3.02. The Morgan fingerprint density at radius 3 is 2.73 bits per heavy atom. The van der Waals surface area contributed by atoms with Gasteiger partial charge in [-0.15, -0.1) is 0 Å². The zero-order chi connectivity index (χ0) is 18.8. The van der Waals surface area contributed by atoms with Gasteiger partial charge in [-0.25, -0.2) is 0 Å². The van der Waals surface area contributed by atoms with Crippen molar-refractivity contribution in [1.82, 2.24) is 15.2 Å². The molecule has 136 valence electrons. The fraction of sp³-hybridized carbons (Fsp3) is 0.381. The number of carbonyl (C=O) groups is 2. The van der Waals surface area contributed by atoms with Gasteiger partial charge in [0.25, 0.3) is 0 Å². The summed E-state index contributed by atoms with van der Waals surface area (Å²) in [6, 6.07) is 9.90. The third kappa shape index (κ3) is 3.62. The minimum Gasteiger partial charge on any atom is -0.349 e. The molecule has 2 unspecified atom stereocenters. The van der Waals surface area contributed by atoms with Crippen molar-refractivity contribution < 1.29 is 9.59 Å². The molecule has 0 fully saturated rings. The van der Waals surface area contributed by atoms with E-state index >= 15 is 0 Å². The zero-order valence-electron chi connectivity index (χ0n) is 15.7. The summed E-state index contributed by atoms with van der Waals surface area (Å²) in [5, 5.41) is 3.11. The summed E-state index contributed by atoms with van der Waals surface area (Å²) < 4.78 is 0. The van der Waals surface area contributed by atoms with Crippen LogP contribution in [0.15, 0.2) is 36.5 Å². The lowest BCUT2D eigenvalue weighted by Gasteiger charge is -2.33. The molecule has 0 bridgehead atoms. The summed E-state index contributed by atoms with van der Waals surface area (Å²) >= 11 is 0. The van der Waals surface area contributed by atoms with Gasteiger partial charge in [0.1, 0.15) is 0 Å². The molecule has 1 aliphatic rings. The van der Waals surface area contributed by atoms with E-state index in [1.165, 1.54) is 12.5 Å². The summed E-state index contributed by atoms with van der Waals surface area (Å²) in [7, 11) is 0. The second kappa shape index (κ2) is 7.28. The lowest BCUT2D eigenvalue weighted by Crippen LogP contribution is -2.44. The minimum atomic E-state index is -0.447. The van der Waals surface area contributed by atoms with Crippen molar-refractivity contribution in [3.05, 3.63) is 64.5 Å². The molecule has 0 radical (unpaired) electrons. The van der Waals surface area contributed by atoms with E-state index in [2.05, 4.69) is 42.3 Å². The van der Waals surface area contributed by atoms with Crippen LogP contribution in [-0.2, 0) is 16.1 Å². The van der Waals surface area contributed by atoms with Crippen LogP contribution in [0.2, 0.25) is 0 Å². The number of hydrogen-bond acceptors (Lipinski definition) is 3. The highest BCUT2D eigenvalue weighted by molar-refractivity contribution is 5.86. The Morgan fingerprint density at radius 2 is 2.04 bits per heavy atom. The van der Waals surface area contributed by atoms with Crippen LogP contribution >= 0.6 is 0 Å². The number of aromatic nitrogens is 1. The van der Waals surface area contributed by atoms with Gasteiger partial charge < -0.3 is 10.2 Å². The fourth-order valence-corrected chi connectivity index (χ4v) is 3.63. The number of benzene rings is 1.